The summed E-state index contributed by atoms with van der Waals surface area (Å²) < 4.78 is 1.89. The Kier molecular flexibility index (Phi) is 2.96. The van der Waals surface area contributed by atoms with Gasteiger partial charge in [0.15, 0.2) is 0 Å². The van der Waals surface area contributed by atoms with Gasteiger partial charge in [0.1, 0.15) is 0 Å². The molecule has 14 heavy (non-hydrogen) atoms. The fourth-order valence-corrected chi connectivity index (χ4v) is 1.97. The first-order chi connectivity index (χ1) is 6.86. The van der Waals surface area contributed by atoms with Gasteiger partial charge in [-0.1, -0.05) is 0 Å². The number of rotatable bonds is 4. The van der Waals surface area contributed by atoms with Crippen LogP contribution in [0, 0.1) is 0 Å². The van der Waals surface area contributed by atoms with E-state index in [2.05, 4.69) is 27.2 Å². The molecule has 0 unspecified atom stereocenters. The predicted molar refractivity (Wildman–Crippen MR) is 58.1 cm³/mol. The fraction of sp³-hybridized carbons (Fsp3) is 0.300. The van der Waals surface area contributed by atoms with E-state index >= 15 is 0 Å². The molecule has 0 fully saturated rings. The van der Waals surface area contributed by atoms with Gasteiger partial charge in [-0.15, -0.1) is 0 Å². The summed E-state index contributed by atoms with van der Waals surface area (Å²) in [4.78, 5) is 0. The summed E-state index contributed by atoms with van der Waals surface area (Å²) in [5.74, 6) is 0. The zero-order chi connectivity index (χ0) is 9.80. The molecular weight excluding hydrogens is 194 g/mol. The van der Waals surface area contributed by atoms with Gasteiger partial charge < -0.3 is 5.32 Å². The number of nitrogens with zero attached hydrogens (tertiary/aromatic N) is 2. The van der Waals surface area contributed by atoms with Crippen LogP contribution in [0.3, 0.4) is 0 Å². The number of thiophene rings is 1. The molecule has 0 saturated heterocycles. The lowest BCUT2D eigenvalue weighted by atomic mass is 10.3. The minimum absolute atomic E-state index is 0.867. The second kappa shape index (κ2) is 4.39. The smallest absolute Gasteiger partial charge is 0.0518 e. The molecule has 0 aliphatic rings. The van der Waals surface area contributed by atoms with E-state index in [0.29, 0.717) is 0 Å². The Balaban J connectivity index is 1.81. The average Bonchev–Trinajstić information content (AvgIpc) is 2.78. The van der Waals surface area contributed by atoms with Crippen molar-refractivity contribution in [2.75, 3.05) is 0 Å². The Morgan fingerprint density at radius 2 is 2.36 bits per heavy atom. The molecule has 0 radical (unpaired) electrons. The quantitative estimate of drug-likeness (QED) is 0.828. The Morgan fingerprint density at radius 1 is 1.43 bits per heavy atom. The Hall–Kier alpha value is -1.13. The van der Waals surface area contributed by atoms with E-state index in [-0.39, 0.29) is 0 Å². The average molecular weight is 207 g/mol. The number of hydrogen-bond donors (Lipinski definition) is 1. The van der Waals surface area contributed by atoms with E-state index in [4.69, 9.17) is 0 Å². The largest absolute Gasteiger partial charge is 0.307 e. The van der Waals surface area contributed by atoms with Crippen LogP contribution in [0.4, 0.5) is 0 Å². The monoisotopic (exact) mass is 207 g/mol. The highest BCUT2D eigenvalue weighted by Gasteiger charge is 1.97. The zero-order valence-electron chi connectivity index (χ0n) is 8.10. The van der Waals surface area contributed by atoms with Gasteiger partial charge >= 0.3 is 0 Å². The van der Waals surface area contributed by atoms with Crippen LogP contribution in [-0.2, 0) is 20.1 Å². The first kappa shape index (κ1) is 9.43. The summed E-state index contributed by atoms with van der Waals surface area (Å²) in [6, 6.07) is 4.17. The lowest BCUT2D eigenvalue weighted by molar-refractivity contribution is 0.627. The molecule has 0 aliphatic carbocycles. The highest BCUT2D eigenvalue weighted by atomic mass is 32.1. The van der Waals surface area contributed by atoms with E-state index in [0.717, 1.165) is 13.1 Å². The Morgan fingerprint density at radius 3 is 3.00 bits per heavy atom. The number of hydrogen-bond acceptors (Lipinski definition) is 3. The van der Waals surface area contributed by atoms with Gasteiger partial charge in [-0.05, 0) is 28.5 Å². The minimum atomic E-state index is 0.867. The molecule has 0 saturated carbocycles. The van der Waals surface area contributed by atoms with Crippen molar-refractivity contribution in [3.05, 3.63) is 40.3 Å². The van der Waals surface area contributed by atoms with Crippen molar-refractivity contribution in [3.8, 4) is 0 Å². The van der Waals surface area contributed by atoms with Crippen molar-refractivity contribution < 1.29 is 0 Å². The van der Waals surface area contributed by atoms with Crippen LogP contribution >= 0.6 is 11.3 Å². The van der Waals surface area contributed by atoms with Crippen LogP contribution in [0.1, 0.15) is 11.3 Å². The molecule has 0 bridgehead atoms. The van der Waals surface area contributed by atoms with Crippen molar-refractivity contribution in [2.45, 2.75) is 13.1 Å². The summed E-state index contributed by atoms with van der Waals surface area (Å²) in [5.41, 5.74) is 2.55. The van der Waals surface area contributed by atoms with E-state index in [1.807, 2.05) is 24.0 Å². The number of aromatic nitrogens is 2. The molecule has 0 aromatic carbocycles. The zero-order valence-corrected chi connectivity index (χ0v) is 8.92. The molecule has 2 aromatic heterocycles. The molecule has 0 atom stereocenters. The summed E-state index contributed by atoms with van der Waals surface area (Å²) >= 11 is 1.73. The third-order valence-electron chi connectivity index (χ3n) is 2.14. The molecule has 2 heterocycles. The van der Waals surface area contributed by atoms with Gasteiger partial charge in [0.2, 0.25) is 0 Å². The number of nitrogens with one attached hydrogen (secondary N) is 1. The summed E-state index contributed by atoms with van der Waals surface area (Å²) in [7, 11) is 1.96. The molecule has 2 aromatic rings. The lowest BCUT2D eigenvalue weighted by Gasteiger charge is -2.03. The third kappa shape index (κ3) is 2.21. The molecule has 3 nitrogen and oxygen atoms in total. The lowest BCUT2D eigenvalue weighted by Crippen LogP contribution is -2.14. The second-order valence-electron chi connectivity index (χ2n) is 3.18. The van der Waals surface area contributed by atoms with Crippen molar-refractivity contribution in [3.63, 3.8) is 0 Å². The van der Waals surface area contributed by atoms with Gasteiger partial charge in [-0.3, -0.25) is 4.68 Å². The minimum Gasteiger partial charge on any atom is -0.307 e. The molecule has 1 N–H and O–H groups in total. The highest BCUT2D eigenvalue weighted by Crippen LogP contribution is 2.05. The Bertz CT molecular complexity index is 378. The maximum absolute atomic E-state index is 4.11. The van der Waals surface area contributed by atoms with Crippen molar-refractivity contribution in [1.82, 2.24) is 15.1 Å². The highest BCUT2D eigenvalue weighted by molar-refractivity contribution is 7.07. The van der Waals surface area contributed by atoms with Crippen molar-refractivity contribution >= 4 is 11.3 Å². The van der Waals surface area contributed by atoms with Crippen LogP contribution < -0.4 is 5.32 Å². The summed E-state index contributed by atoms with van der Waals surface area (Å²) in [6.45, 7) is 1.79. The van der Waals surface area contributed by atoms with E-state index in [1.54, 1.807) is 11.3 Å². The van der Waals surface area contributed by atoms with Crippen LogP contribution in [-0.4, -0.2) is 9.78 Å². The van der Waals surface area contributed by atoms with Gasteiger partial charge in [-0.2, -0.15) is 16.4 Å². The molecule has 0 aliphatic heterocycles. The maximum atomic E-state index is 4.11. The normalized spacial score (nSPS) is 10.6. The van der Waals surface area contributed by atoms with Crippen LogP contribution in [0.15, 0.2) is 29.1 Å². The van der Waals surface area contributed by atoms with Crippen molar-refractivity contribution in [2.24, 2.45) is 7.05 Å². The third-order valence-corrected chi connectivity index (χ3v) is 2.87. The molecule has 2 rings (SSSR count). The first-order valence-corrected chi connectivity index (χ1v) is 5.49. The predicted octanol–water partition coefficient (Wildman–Crippen LogP) is 1.77. The van der Waals surface area contributed by atoms with E-state index in [9.17, 15) is 0 Å². The standard InChI is InChI=1S/C10H13N3S/c1-13-10(2-4-12-13)7-11-6-9-3-5-14-8-9/h2-5,8,11H,6-7H2,1H3. The molecule has 0 spiro atoms. The second-order valence-corrected chi connectivity index (χ2v) is 3.96. The van der Waals surface area contributed by atoms with Crippen LogP contribution in [0.25, 0.3) is 0 Å². The van der Waals surface area contributed by atoms with Crippen molar-refractivity contribution in [1.29, 1.82) is 0 Å². The number of aryl methyl sites for hydroxylation is 1. The molecular formula is C10H13N3S. The van der Waals surface area contributed by atoms with Gasteiger partial charge in [0.05, 0.1) is 5.69 Å². The van der Waals surface area contributed by atoms with Crippen LogP contribution in [0.2, 0.25) is 0 Å². The topological polar surface area (TPSA) is 29.9 Å². The SMILES string of the molecule is Cn1nccc1CNCc1ccsc1. The van der Waals surface area contributed by atoms with Crippen LogP contribution in [0.5, 0.6) is 0 Å². The fourth-order valence-electron chi connectivity index (χ4n) is 1.30. The summed E-state index contributed by atoms with van der Waals surface area (Å²) in [6.07, 6.45) is 1.82. The molecule has 0 amide bonds. The molecule has 4 heteroatoms. The van der Waals surface area contributed by atoms with E-state index < -0.39 is 0 Å². The Labute approximate surface area is 87.4 Å². The van der Waals surface area contributed by atoms with Gasteiger partial charge in [0.25, 0.3) is 0 Å². The summed E-state index contributed by atoms with van der Waals surface area (Å²) in [5, 5.41) is 11.7. The van der Waals surface area contributed by atoms with E-state index in [1.165, 1.54) is 11.3 Å². The van der Waals surface area contributed by atoms with Gasteiger partial charge in [0, 0.05) is 26.3 Å². The van der Waals surface area contributed by atoms with Gasteiger partial charge in [-0.25, -0.2) is 0 Å². The maximum Gasteiger partial charge on any atom is 0.0518 e. The first-order valence-electron chi connectivity index (χ1n) is 4.55. The molecule has 74 valence electrons.